The molecule has 1 saturated carbocycles. The standard InChI is InChI=1S/C19H22O2/c1-20-18-9-5-6-10-19(18)21-17-13-11-16(12-14-17)15-7-3-2-4-8-15/h5-6,9-15H,2-4,7-8H2,1H3. The van der Waals surface area contributed by atoms with Gasteiger partial charge in [-0.25, -0.2) is 0 Å². The molecule has 0 atom stereocenters. The molecule has 0 unspecified atom stereocenters. The van der Waals surface area contributed by atoms with Crippen molar-refractivity contribution in [3.05, 3.63) is 54.1 Å². The average Bonchev–Trinajstić information content (AvgIpc) is 2.57. The van der Waals surface area contributed by atoms with Crippen molar-refractivity contribution in [3.8, 4) is 17.2 Å². The van der Waals surface area contributed by atoms with Crippen LogP contribution in [0.4, 0.5) is 0 Å². The molecular weight excluding hydrogens is 260 g/mol. The van der Waals surface area contributed by atoms with Crippen LogP contribution < -0.4 is 9.47 Å². The number of hydrogen-bond acceptors (Lipinski definition) is 2. The summed E-state index contributed by atoms with van der Waals surface area (Å²) in [6.07, 6.45) is 6.78. The Morgan fingerprint density at radius 2 is 1.48 bits per heavy atom. The van der Waals surface area contributed by atoms with Gasteiger partial charge < -0.3 is 9.47 Å². The highest BCUT2D eigenvalue weighted by Crippen LogP contribution is 2.35. The van der Waals surface area contributed by atoms with Crippen LogP contribution in [0.15, 0.2) is 48.5 Å². The Morgan fingerprint density at radius 3 is 2.14 bits per heavy atom. The molecule has 1 fully saturated rings. The van der Waals surface area contributed by atoms with Crippen molar-refractivity contribution in [2.75, 3.05) is 7.11 Å². The van der Waals surface area contributed by atoms with E-state index in [1.165, 1.54) is 37.7 Å². The van der Waals surface area contributed by atoms with Crippen LogP contribution in [0.2, 0.25) is 0 Å². The Morgan fingerprint density at radius 1 is 0.810 bits per heavy atom. The highest BCUT2D eigenvalue weighted by atomic mass is 16.5. The largest absolute Gasteiger partial charge is 0.493 e. The molecule has 0 amide bonds. The van der Waals surface area contributed by atoms with Gasteiger partial charge in [0, 0.05) is 0 Å². The van der Waals surface area contributed by atoms with Gasteiger partial charge in [-0.3, -0.25) is 0 Å². The van der Waals surface area contributed by atoms with Gasteiger partial charge in [-0.2, -0.15) is 0 Å². The van der Waals surface area contributed by atoms with Crippen molar-refractivity contribution in [1.82, 2.24) is 0 Å². The lowest BCUT2D eigenvalue weighted by atomic mass is 9.84. The van der Waals surface area contributed by atoms with E-state index >= 15 is 0 Å². The van der Waals surface area contributed by atoms with E-state index in [4.69, 9.17) is 9.47 Å². The molecule has 2 aromatic rings. The zero-order valence-corrected chi connectivity index (χ0v) is 12.5. The first-order valence-electron chi connectivity index (χ1n) is 7.77. The summed E-state index contributed by atoms with van der Waals surface area (Å²) in [6, 6.07) is 16.3. The fourth-order valence-electron chi connectivity index (χ4n) is 3.07. The van der Waals surface area contributed by atoms with Crippen LogP contribution in [-0.4, -0.2) is 7.11 Å². The van der Waals surface area contributed by atoms with Crippen LogP contribution in [0.3, 0.4) is 0 Å². The molecule has 110 valence electrons. The number of rotatable bonds is 4. The average molecular weight is 282 g/mol. The van der Waals surface area contributed by atoms with Crippen molar-refractivity contribution in [2.24, 2.45) is 0 Å². The third-order valence-electron chi connectivity index (χ3n) is 4.25. The normalized spacial score (nSPS) is 15.7. The molecule has 0 aliphatic heterocycles. The SMILES string of the molecule is COc1ccccc1Oc1ccc(C2CCCCC2)cc1. The van der Waals surface area contributed by atoms with E-state index in [1.54, 1.807) is 7.11 Å². The molecule has 2 nitrogen and oxygen atoms in total. The first-order chi connectivity index (χ1) is 10.4. The lowest BCUT2D eigenvalue weighted by Gasteiger charge is -2.22. The Labute approximate surface area is 126 Å². The van der Waals surface area contributed by atoms with E-state index in [9.17, 15) is 0 Å². The van der Waals surface area contributed by atoms with Gasteiger partial charge in [-0.15, -0.1) is 0 Å². The van der Waals surface area contributed by atoms with Crippen LogP contribution >= 0.6 is 0 Å². The number of hydrogen-bond donors (Lipinski definition) is 0. The molecule has 1 aliphatic rings. The summed E-state index contributed by atoms with van der Waals surface area (Å²) in [6.45, 7) is 0. The zero-order valence-electron chi connectivity index (χ0n) is 12.5. The second-order valence-corrected chi connectivity index (χ2v) is 5.66. The molecule has 3 rings (SSSR count). The smallest absolute Gasteiger partial charge is 0.169 e. The van der Waals surface area contributed by atoms with Gasteiger partial charge in [0.05, 0.1) is 7.11 Å². The Hall–Kier alpha value is -1.96. The molecule has 2 heteroatoms. The minimum absolute atomic E-state index is 0.735. The summed E-state index contributed by atoms with van der Waals surface area (Å²) in [4.78, 5) is 0. The molecule has 2 aromatic carbocycles. The van der Waals surface area contributed by atoms with Gasteiger partial charge >= 0.3 is 0 Å². The van der Waals surface area contributed by atoms with Crippen LogP contribution in [0, 0.1) is 0 Å². The number of benzene rings is 2. The topological polar surface area (TPSA) is 18.5 Å². The van der Waals surface area contributed by atoms with Crippen LogP contribution in [-0.2, 0) is 0 Å². The van der Waals surface area contributed by atoms with E-state index in [0.717, 1.165) is 23.2 Å². The Bertz CT molecular complexity index is 568. The molecule has 21 heavy (non-hydrogen) atoms. The quantitative estimate of drug-likeness (QED) is 0.733. The molecule has 0 spiro atoms. The molecule has 0 N–H and O–H groups in total. The third kappa shape index (κ3) is 3.38. The molecule has 1 aliphatic carbocycles. The molecule has 0 saturated heterocycles. The summed E-state index contributed by atoms with van der Waals surface area (Å²) in [7, 11) is 1.66. The zero-order chi connectivity index (χ0) is 14.5. The first kappa shape index (κ1) is 14.0. The van der Waals surface area contributed by atoms with Gasteiger partial charge in [-0.1, -0.05) is 43.5 Å². The van der Waals surface area contributed by atoms with E-state index < -0.39 is 0 Å². The van der Waals surface area contributed by atoms with Gasteiger partial charge in [-0.05, 0) is 48.6 Å². The van der Waals surface area contributed by atoms with Crippen LogP contribution in [0.25, 0.3) is 0 Å². The second-order valence-electron chi connectivity index (χ2n) is 5.66. The maximum Gasteiger partial charge on any atom is 0.169 e. The summed E-state index contributed by atoms with van der Waals surface area (Å²) in [5.74, 6) is 3.11. The number of para-hydroxylation sites is 2. The van der Waals surface area contributed by atoms with Gasteiger partial charge in [0.25, 0.3) is 0 Å². The van der Waals surface area contributed by atoms with E-state index in [0.29, 0.717) is 0 Å². The van der Waals surface area contributed by atoms with Gasteiger partial charge in [0.15, 0.2) is 11.5 Å². The first-order valence-corrected chi connectivity index (χ1v) is 7.77. The molecule has 0 heterocycles. The predicted octanol–water partition coefficient (Wildman–Crippen LogP) is 5.54. The minimum atomic E-state index is 0.735. The van der Waals surface area contributed by atoms with Crippen LogP contribution in [0.5, 0.6) is 17.2 Å². The van der Waals surface area contributed by atoms with Crippen molar-refractivity contribution in [3.63, 3.8) is 0 Å². The fraction of sp³-hybridized carbons (Fsp3) is 0.368. The highest BCUT2D eigenvalue weighted by Gasteiger charge is 2.15. The lowest BCUT2D eigenvalue weighted by Crippen LogP contribution is -2.04. The lowest BCUT2D eigenvalue weighted by molar-refractivity contribution is 0.378. The number of ether oxygens (including phenoxy) is 2. The number of methoxy groups -OCH3 is 1. The van der Waals surface area contributed by atoms with E-state index in [1.807, 2.05) is 24.3 Å². The monoisotopic (exact) mass is 282 g/mol. The van der Waals surface area contributed by atoms with E-state index in [2.05, 4.69) is 24.3 Å². The van der Waals surface area contributed by atoms with Crippen molar-refractivity contribution in [2.45, 2.75) is 38.0 Å². The molecular formula is C19H22O2. The Balaban J connectivity index is 1.72. The second kappa shape index (κ2) is 6.66. The van der Waals surface area contributed by atoms with Crippen molar-refractivity contribution < 1.29 is 9.47 Å². The summed E-state index contributed by atoms with van der Waals surface area (Å²) < 4.78 is 11.2. The van der Waals surface area contributed by atoms with Crippen molar-refractivity contribution >= 4 is 0 Å². The predicted molar refractivity (Wildman–Crippen MR) is 85.3 cm³/mol. The van der Waals surface area contributed by atoms with Gasteiger partial charge in [0.1, 0.15) is 5.75 Å². The van der Waals surface area contributed by atoms with E-state index in [-0.39, 0.29) is 0 Å². The maximum atomic E-state index is 5.92. The summed E-state index contributed by atoms with van der Waals surface area (Å²) in [5.41, 5.74) is 1.45. The molecule has 0 radical (unpaired) electrons. The highest BCUT2D eigenvalue weighted by molar-refractivity contribution is 5.43. The molecule has 0 aromatic heterocycles. The maximum absolute atomic E-state index is 5.92. The summed E-state index contributed by atoms with van der Waals surface area (Å²) >= 11 is 0. The minimum Gasteiger partial charge on any atom is -0.493 e. The fourth-order valence-corrected chi connectivity index (χ4v) is 3.07. The molecule has 0 bridgehead atoms. The third-order valence-corrected chi connectivity index (χ3v) is 4.25. The summed E-state index contributed by atoms with van der Waals surface area (Å²) in [5, 5.41) is 0. The van der Waals surface area contributed by atoms with Gasteiger partial charge in [0.2, 0.25) is 0 Å². The Kier molecular flexibility index (Phi) is 4.44. The van der Waals surface area contributed by atoms with Crippen LogP contribution in [0.1, 0.15) is 43.6 Å². The van der Waals surface area contributed by atoms with Crippen molar-refractivity contribution in [1.29, 1.82) is 0 Å².